The van der Waals surface area contributed by atoms with Gasteiger partial charge in [0, 0.05) is 19.8 Å². The fraction of sp³-hybridized carbons (Fsp3) is 0.636. The molecule has 0 saturated heterocycles. The Balaban J connectivity index is 2.16. The summed E-state index contributed by atoms with van der Waals surface area (Å²) >= 11 is 1.22. The molecule has 5 nitrogen and oxygen atoms in total. The number of nitrogens with two attached hydrogens (primary N) is 1. The second kappa shape index (κ2) is 7.87. The van der Waals surface area contributed by atoms with Gasteiger partial charge in [-0.05, 0) is 24.4 Å². The first kappa shape index (κ1) is 13.7. The van der Waals surface area contributed by atoms with Crippen LogP contribution in [0.1, 0.15) is 31.7 Å². The molecule has 0 bridgehead atoms. The van der Waals surface area contributed by atoms with Crippen LogP contribution in [-0.4, -0.2) is 24.1 Å². The number of nitrogens with zero attached hydrogens (tertiary/aromatic N) is 2. The molecule has 94 valence electrons. The third kappa shape index (κ3) is 4.59. The van der Waals surface area contributed by atoms with Gasteiger partial charge in [0.2, 0.25) is 0 Å². The molecule has 6 heteroatoms. The van der Waals surface area contributed by atoms with Gasteiger partial charge in [-0.2, -0.15) is 9.64 Å². The van der Waals surface area contributed by atoms with Crippen molar-refractivity contribution < 1.29 is 4.74 Å². The number of nitrogens with one attached hydrogen (secondary N) is 1. The molecular formula is C11H18N4OS. The number of nitrogen functional groups attached to an aromatic ring is 1. The Hall–Kier alpha value is -1.32. The van der Waals surface area contributed by atoms with E-state index in [9.17, 15) is 0 Å². The van der Waals surface area contributed by atoms with Crippen LogP contribution in [0.15, 0.2) is 0 Å². The first-order valence-corrected chi connectivity index (χ1v) is 6.53. The van der Waals surface area contributed by atoms with Crippen LogP contribution in [0.5, 0.6) is 0 Å². The summed E-state index contributed by atoms with van der Waals surface area (Å²) in [6.45, 7) is 4.47. The number of hydrogen-bond acceptors (Lipinski definition) is 6. The fourth-order valence-corrected chi connectivity index (χ4v) is 1.94. The Morgan fingerprint density at radius 1 is 1.47 bits per heavy atom. The predicted molar refractivity (Wildman–Crippen MR) is 70.1 cm³/mol. The Morgan fingerprint density at radius 2 is 2.24 bits per heavy atom. The van der Waals surface area contributed by atoms with Crippen molar-refractivity contribution in [1.82, 2.24) is 4.37 Å². The number of rotatable bonds is 8. The summed E-state index contributed by atoms with van der Waals surface area (Å²) in [6, 6.07) is 2.04. The van der Waals surface area contributed by atoms with E-state index in [2.05, 4.69) is 16.6 Å². The van der Waals surface area contributed by atoms with Crippen molar-refractivity contribution in [3.63, 3.8) is 0 Å². The van der Waals surface area contributed by atoms with E-state index < -0.39 is 0 Å². The molecule has 0 saturated carbocycles. The summed E-state index contributed by atoms with van der Waals surface area (Å²) in [5, 5.41) is 12.8. The quantitative estimate of drug-likeness (QED) is 0.695. The molecule has 1 aromatic rings. The highest BCUT2D eigenvalue weighted by atomic mass is 32.1. The monoisotopic (exact) mass is 254 g/mol. The fourth-order valence-electron chi connectivity index (χ4n) is 1.26. The topological polar surface area (TPSA) is 84.0 Å². The lowest BCUT2D eigenvalue weighted by Crippen LogP contribution is -2.06. The summed E-state index contributed by atoms with van der Waals surface area (Å²) < 4.78 is 9.36. The SMILES string of the molecule is CCCCOCCCNc1snc(N)c1C#N. The maximum atomic E-state index is 8.86. The summed E-state index contributed by atoms with van der Waals surface area (Å²) in [5.41, 5.74) is 6.00. The van der Waals surface area contributed by atoms with E-state index in [0.717, 1.165) is 44.0 Å². The number of hydrogen-bond donors (Lipinski definition) is 2. The summed E-state index contributed by atoms with van der Waals surface area (Å²) in [5.74, 6) is 0.305. The number of anilines is 2. The minimum Gasteiger partial charge on any atom is -0.382 e. The lowest BCUT2D eigenvalue weighted by Gasteiger charge is -2.04. The smallest absolute Gasteiger partial charge is 0.157 e. The highest BCUT2D eigenvalue weighted by molar-refractivity contribution is 7.10. The summed E-state index contributed by atoms with van der Waals surface area (Å²) in [7, 11) is 0. The van der Waals surface area contributed by atoms with Crippen molar-refractivity contribution in [2.24, 2.45) is 0 Å². The molecule has 1 aromatic heterocycles. The molecule has 17 heavy (non-hydrogen) atoms. The van der Waals surface area contributed by atoms with E-state index >= 15 is 0 Å². The Kier molecular flexibility index (Phi) is 6.37. The Bertz CT molecular complexity index is 372. The molecule has 0 fully saturated rings. The third-order valence-corrected chi connectivity index (χ3v) is 3.04. The second-order valence-corrected chi connectivity index (χ2v) is 4.40. The first-order chi connectivity index (χ1) is 8.29. The van der Waals surface area contributed by atoms with E-state index in [1.54, 1.807) is 0 Å². The lowest BCUT2D eigenvalue weighted by atomic mass is 10.3. The Labute approximate surface area is 106 Å². The maximum absolute atomic E-state index is 8.86. The molecule has 0 atom stereocenters. The molecule has 0 radical (unpaired) electrons. The number of nitriles is 1. The molecule has 0 aliphatic heterocycles. The van der Waals surface area contributed by atoms with Crippen molar-refractivity contribution in [2.75, 3.05) is 30.8 Å². The number of unbranched alkanes of at least 4 members (excludes halogenated alkanes) is 1. The van der Waals surface area contributed by atoms with Crippen molar-refractivity contribution in [3.05, 3.63) is 5.56 Å². The van der Waals surface area contributed by atoms with E-state index in [1.807, 2.05) is 6.07 Å². The first-order valence-electron chi connectivity index (χ1n) is 5.76. The van der Waals surface area contributed by atoms with Crippen molar-refractivity contribution in [1.29, 1.82) is 5.26 Å². The molecule has 0 aromatic carbocycles. The predicted octanol–water partition coefficient (Wildman–Crippen LogP) is 2.22. The van der Waals surface area contributed by atoms with E-state index in [1.165, 1.54) is 11.5 Å². The molecule has 0 aliphatic carbocycles. The molecule has 1 rings (SSSR count). The van der Waals surface area contributed by atoms with Gasteiger partial charge in [0.1, 0.15) is 16.6 Å². The minimum absolute atomic E-state index is 0.305. The average molecular weight is 254 g/mol. The van der Waals surface area contributed by atoms with Gasteiger partial charge in [0.25, 0.3) is 0 Å². The second-order valence-electron chi connectivity index (χ2n) is 3.63. The lowest BCUT2D eigenvalue weighted by molar-refractivity contribution is 0.131. The summed E-state index contributed by atoms with van der Waals surface area (Å²) in [6.07, 6.45) is 3.17. The zero-order valence-corrected chi connectivity index (χ0v) is 10.8. The van der Waals surface area contributed by atoms with Gasteiger partial charge in [0.15, 0.2) is 5.82 Å². The van der Waals surface area contributed by atoms with Gasteiger partial charge in [0.05, 0.1) is 0 Å². The third-order valence-electron chi connectivity index (χ3n) is 2.22. The zero-order chi connectivity index (χ0) is 12.5. The van der Waals surface area contributed by atoms with Gasteiger partial charge in [-0.15, -0.1) is 0 Å². The van der Waals surface area contributed by atoms with E-state index in [4.69, 9.17) is 15.7 Å². The van der Waals surface area contributed by atoms with Gasteiger partial charge in [-0.25, -0.2) is 0 Å². The average Bonchev–Trinajstić information content (AvgIpc) is 2.69. The summed E-state index contributed by atoms with van der Waals surface area (Å²) in [4.78, 5) is 0. The van der Waals surface area contributed by atoms with Crippen LogP contribution < -0.4 is 11.1 Å². The van der Waals surface area contributed by atoms with Crippen LogP contribution >= 0.6 is 11.5 Å². The maximum Gasteiger partial charge on any atom is 0.157 e. The minimum atomic E-state index is 0.305. The van der Waals surface area contributed by atoms with Crippen LogP contribution in [0.2, 0.25) is 0 Å². The van der Waals surface area contributed by atoms with Gasteiger partial charge in [-0.1, -0.05) is 13.3 Å². The largest absolute Gasteiger partial charge is 0.382 e. The molecular weight excluding hydrogens is 236 g/mol. The molecule has 0 aliphatic rings. The normalized spacial score (nSPS) is 10.1. The highest BCUT2D eigenvalue weighted by Crippen LogP contribution is 2.25. The van der Waals surface area contributed by atoms with Gasteiger partial charge in [-0.3, -0.25) is 0 Å². The van der Waals surface area contributed by atoms with Crippen LogP contribution in [-0.2, 0) is 4.74 Å². The van der Waals surface area contributed by atoms with Crippen LogP contribution in [0.3, 0.4) is 0 Å². The van der Waals surface area contributed by atoms with Crippen molar-refractivity contribution in [2.45, 2.75) is 26.2 Å². The standard InChI is InChI=1S/C11H18N4OS/c1-2-3-6-16-7-4-5-14-11-9(8-12)10(13)15-17-11/h14H,2-7H2,1H3,(H2,13,15). The molecule has 0 amide bonds. The van der Waals surface area contributed by atoms with Gasteiger partial charge >= 0.3 is 0 Å². The van der Waals surface area contributed by atoms with Gasteiger partial charge < -0.3 is 15.8 Å². The van der Waals surface area contributed by atoms with E-state index in [-0.39, 0.29) is 0 Å². The van der Waals surface area contributed by atoms with Crippen molar-refractivity contribution in [3.8, 4) is 6.07 Å². The number of aromatic nitrogens is 1. The highest BCUT2D eigenvalue weighted by Gasteiger charge is 2.09. The number of ether oxygens (including phenoxy) is 1. The Morgan fingerprint density at radius 3 is 2.94 bits per heavy atom. The molecule has 0 unspecified atom stereocenters. The zero-order valence-electron chi connectivity index (χ0n) is 10.0. The molecule has 3 N–H and O–H groups in total. The molecule has 1 heterocycles. The van der Waals surface area contributed by atoms with Crippen molar-refractivity contribution >= 4 is 22.4 Å². The van der Waals surface area contributed by atoms with Crippen LogP contribution in [0.4, 0.5) is 10.8 Å². The van der Waals surface area contributed by atoms with Crippen LogP contribution in [0, 0.1) is 11.3 Å². The molecule has 0 spiro atoms. The van der Waals surface area contributed by atoms with Crippen LogP contribution in [0.25, 0.3) is 0 Å². The van der Waals surface area contributed by atoms with E-state index in [0.29, 0.717) is 11.4 Å².